The summed E-state index contributed by atoms with van der Waals surface area (Å²) in [4.78, 5) is 20.9. The summed E-state index contributed by atoms with van der Waals surface area (Å²) in [5, 5.41) is 21.5. The maximum absolute atomic E-state index is 10.9. The number of nitrogens with one attached hydrogen (secondary N) is 1. The van der Waals surface area contributed by atoms with Crippen LogP contribution in [0.4, 0.5) is 5.82 Å². The standard InChI is InChI=1S/C12H14N6O2S2/c1-16-9(18(19)20)6-14-11(16)12-15-8(7-22-12)10(13)17-2-4-21-5-3-17/h6-7,13H,2-5H2,1H3. The zero-order valence-corrected chi connectivity index (χ0v) is 13.5. The molecular weight excluding hydrogens is 324 g/mol. The quantitative estimate of drug-likeness (QED) is 0.396. The number of hydrogen-bond donors (Lipinski definition) is 1. The van der Waals surface area contributed by atoms with Crippen molar-refractivity contribution in [2.24, 2.45) is 7.05 Å². The van der Waals surface area contributed by atoms with Crippen LogP contribution >= 0.6 is 23.1 Å². The van der Waals surface area contributed by atoms with Gasteiger partial charge in [0.25, 0.3) is 5.82 Å². The monoisotopic (exact) mass is 338 g/mol. The fraction of sp³-hybridized carbons (Fsp3) is 0.417. The zero-order chi connectivity index (χ0) is 15.7. The Labute approximate surface area is 134 Å². The predicted molar refractivity (Wildman–Crippen MR) is 86.7 cm³/mol. The van der Waals surface area contributed by atoms with Gasteiger partial charge in [-0.2, -0.15) is 11.8 Å². The maximum atomic E-state index is 10.9. The molecule has 3 rings (SSSR count). The summed E-state index contributed by atoms with van der Waals surface area (Å²) < 4.78 is 1.41. The van der Waals surface area contributed by atoms with Gasteiger partial charge in [-0.1, -0.05) is 0 Å². The molecule has 0 atom stereocenters. The van der Waals surface area contributed by atoms with Gasteiger partial charge < -0.3 is 15.0 Å². The van der Waals surface area contributed by atoms with Gasteiger partial charge in [0.05, 0.1) is 7.05 Å². The van der Waals surface area contributed by atoms with E-state index in [1.807, 2.05) is 16.7 Å². The molecule has 1 aliphatic heterocycles. The van der Waals surface area contributed by atoms with Crippen molar-refractivity contribution in [2.45, 2.75) is 0 Å². The first kappa shape index (κ1) is 15.0. The normalized spacial score (nSPS) is 15.0. The van der Waals surface area contributed by atoms with Crippen LogP contribution in [0.25, 0.3) is 10.8 Å². The van der Waals surface area contributed by atoms with E-state index in [1.54, 1.807) is 12.4 Å². The molecule has 8 nitrogen and oxygen atoms in total. The highest BCUT2D eigenvalue weighted by molar-refractivity contribution is 7.99. The Hall–Kier alpha value is -1.94. The Morgan fingerprint density at radius 1 is 1.45 bits per heavy atom. The Balaban J connectivity index is 1.84. The second kappa shape index (κ2) is 6.05. The van der Waals surface area contributed by atoms with Gasteiger partial charge in [-0.3, -0.25) is 5.41 Å². The Morgan fingerprint density at radius 3 is 2.82 bits per heavy atom. The average Bonchev–Trinajstić information content (AvgIpc) is 3.13. The predicted octanol–water partition coefficient (Wildman–Crippen LogP) is 1.83. The van der Waals surface area contributed by atoms with Crippen molar-refractivity contribution in [3.63, 3.8) is 0 Å². The number of imidazole rings is 1. The van der Waals surface area contributed by atoms with Gasteiger partial charge in [0, 0.05) is 30.0 Å². The lowest BCUT2D eigenvalue weighted by molar-refractivity contribution is -0.391. The largest absolute Gasteiger partial charge is 0.358 e. The summed E-state index contributed by atoms with van der Waals surface area (Å²) >= 11 is 3.23. The van der Waals surface area contributed by atoms with E-state index in [0.29, 0.717) is 22.4 Å². The number of thioether (sulfide) groups is 1. The van der Waals surface area contributed by atoms with Crippen molar-refractivity contribution < 1.29 is 4.92 Å². The third-order valence-corrected chi connectivity index (χ3v) is 5.20. The molecule has 10 heteroatoms. The number of thiazole rings is 1. The van der Waals surface area contributed by atoms with Crippen LogP contribution in [0.5, 0.6) is 0 Å². The fourth-order valence-corrected chi connectivity index (χ4v) is 3.94. The van der Waals surface area contributed by atoms with Gasteiger partial charge in [0.2, 0.25) is 0 Å². The second-order valence-electron chi connectivity index (χ2n) is 4.74. The molecule has 2 aromatic rings. The van der Waals surface area contributed by atoms with Crippen LogP contribution in [-0.2, 0) is 7.05 Å². The number of aromatic nitrogens is 3. The van der Waals surface area contributed by atoms with E-state index in [9.17, 15) is 10.1 Å². The Morgan fingerprint density at radius 2 is 2.18 bits per heavy atom. The lowest BCUT2D eigenvalue weighted by Gasteiger charge is -2.27. The molecule has 0 amide bonds. The minimum atomic E-state index is -0.474. The Kier molecular flexibility index (Phi) is 4.12. The van der Waals surface area contributed by atoms with Crippen molar-refractivity contribution in [3.8, 4) is 10.8 Å². The molecule has 0 bridgehead atoms. The smallest absolute Gasteiger partial charge is 0.342 e. The van der Waals surface area contributed by atoms with Crippen molar-refractivity contribution in [3.05, 3.63) is 27.4 Å². The van der Waals surface area contributed by atoms with Crippen molar-refractivity contribution in [2.75, 3.05) is 24.6 Å². The lowest BCUT2D eigenvalue weighted by Crippen LogP contribution is -2.38. The topological polar surface area (TPSA) is 101 Å². The van der Waals surface area contributed by atoms with Gasteiger partial charge >= 0.3 is 5.82 Å². The molecule has 1 aliphatic rings. The molecule has 0 radical (unpaired) electrons. The van der Waals surface area contributed by atoms with E-state index in [-0.39, 0.29) is 5.82 Å². The maximum Gasteiger partial charge on any atom is 0.342 e. The number of amidine groups is 1. The molecule has 2 aromatic heterocycles. The van der Waals surface area contributed by atoms with E-state index in [0.717, 1.165) is 24.6 Å². The summed E-state index contributed by atoms with van der Waals surface area (Å²) in [6.07, 6.45) is 1.23. The molecule has 0 unspecified atom stereocenters. The van der Waals surface area contributed by atoms with E-state index in [2.05, 4.69) is 9.97 Å². The van der Waals surface area contributed by atoms with Crippen LogP contribution in [0.1, 0.15) is 5.69 Å². The Bertz CT molecular complexity index is 719. The molecule has 3 heterocycles. The van der Waals surface area contributed by atoms with Crippen LogP contribution in [0.3, 0.4) is 0 Å². The molecule has 0 aromatic carbocycles. The van der Waals surface area contributed by atoms with Gasteiger partial charge in [-0.05, 0) is 4.92 Å². The molecular formula is C12H14N6O2S2. The zero-order valence-electron chi connectivity index (χ0n) is 11.9. The summed E-state index contributed by atoms with van der Waals surface area (Å²) in [5.74, 6) is 2.82. The van der Waals surface area contributed by atoms with Crippen molar-refractivity contribution in [1.82, 2.24) is 19.4 Å². The van der Waals surface area contributed by atoms with Gasteiger partial charge in [0.1, 0.15) is 17.7 Å². The number of hydrogen-bond acceptors (Lipinski definition) is 7. The van der Waals surface area contributed by atoms with E-state index >= 15 is 0 Å². The summed E-state index contributed by atoms with van der Waals surface area (Å²) in [7, 11) is 1.59. The number of nitrogens with zero attached hydrogens (tertiary/aromatic N) is 5. The van der Waals surface area contributed by atoms with Gasteiger partial charge in [-0.25, -0.2) is 14.5 Å². The average molecular weight is 338 g/mol. The van der Waals surface area contributed by atoms with Crippen LogP contribution in [0.2, 0.25) is 0 Å². The van der Waals surface area contributed by atoms with Gasteiger partial charge in [0.15, 0.2) is 5.01 Å². The minimum Gasteiger partial charge on any atom is -0.358 e. The van der Waals surface area contributed by atoms with Crippen LogP contribution < -0.4 is 0 Å². The molecule has 1 saturated heterocycles. The lowest BCUT2D eigenvalue weighted by atomic mass is 10.3. The minimum absolute atomic E-state index is 0.0742. The molecule has 1 fully saturated rings. The van der Waals surface area contributed by atoms with E-state index in [4.69, 9.17) is 5.41 Å². The second-order valence-corrected chi connectivity index (χ2v) is 6.82. The van der Waals surface area contributed by atoms with Crippen LogP contribution in [0, 0.1) is 15.5 Å². The van der Waals surface area contributed by atoms with Crippen LogP contribution in [-0.4, -0.2) is 54.8 Å². The summed E-state index contributed by atoms with van der Waals surface area (Å²) in [6, 6.07) is 0. The number of nitro groups is 1. The highest BCUT2D eigenvalue weighted by Crippen LogP contribution is 2.26. The van der Waals surface area contributed by atoms with Crippen molar-refractivity contribution >= 4 is 34.8 Å². The molecule has 116 valence electrons. The highest BCUT2D eigenvalue weighted by atomic mass is 32.2. The first-order valence-electron chi connectivity index (χ1n) is 6.61. The third-order valence-electron chi connectivity index (χ3n) is 3.42. The molecule has 1 N–H and O–H groups in total. The molecule has 0 aliphatic carbocycles. The van der Waals surface area contributed by atoms with Gasteiger partial charge in [-0.15, -0.1) is 11.3 Å². The first-order chi connectivity index (χ1) is 10.6. The third kappa shape index (κ3) is 2.71. The summed E-state index contributed by atoms with van der Waals surface area (Å²) in [5.41, 5.74) is 0.595. The number of rotatable bonds is 3. The summed E-state index contributed by atoms with van der Waals surface area (Å²) in [6.45, 7) is 1.70. The SMILES string of the molecule is Cn1c([N+](=O)[O-])cnc1-c1nc(C(=N)N2CCSCC2)cs1. The van der Waals surface area contributed by atoms with E-state index in [1.165, 1.54) is 22.1 Å². The molecule has 0 spiro atoms. The molecule has 22 heavy (non-hydrogen) atoms. The fourth-order valence-electron chi connectivity index (χ4n) is 2.20. The molecule has 0 saturated carbocycles. The van der Waals surface area contributed by atoms with E-state index < -0.39 is 4.92 Å². The van der Waals surface area contributed by atoms with Crippen molar-refractivity contribution in [1.29, 1.82) is 5.41 Å². The highest BCUT2D eigenvalue weighted by Gasteiger charge is 2.23. The van der Waals surface area contributed by atoms with Crippen LogP contribution in [0.15, 0.2) is 11.6 Å². The first-order valence-corrected chi connectivity index (χ1v) is 8.65.